The average Bonchev–Trinajstić information content (AvgIpc) is 1.87. The van der Waals surface area contributed by atoms with Crippen LogP contribution in [0.15, 0.2) is 4.99 Å². The van der Waals surface area contributed by atoms with Gasteiger partial charge < -0.3 is 11.5 Å². The summed E-state index contributed by atoms with van der Waals surface area (Å²) in [6.07, 6.45) is 0. The van der Waals surface area contributed by atoms with E-state index in [0.717, 1.165) is 0 Å². The monoisotopic (exact) mass is 145 g/mol. The van der Waals surface area contributed by atoms with E-state index in [-0.39, 0.29) is 5.96 Å². The van der Waals surface area contributed by atoms with Crippen LogP contribution in [0.2, 0.25) is 0 Å². The molecule has 0 spiro atoms. The van der Waals surface area contributed by atoms with Gasteiger partial charge in [-0.15, -0.1) is 0 Å². The molecule has 0 fully saturated rings. The van der Waals surface area contributed by atoms with E-state index in [0.29, 0.717) is 0 Å². The summed E-state index contributed by atoms with van der Waals surface area (Å²) in [6.45, 7) is 1.52. The predicted octanol–water partition coefficient (Wildman–Crippen LogP) is -2.36. The number of nitrogens with zero attached hydrogens (tertiary/aromatic N) is 1. The van der Waals surface area contributed by atoms with Crippen LogP contribution in [0.1, 0.15) is 6.92 Å². The fraction of sp³-hybridized carbons (Fsp3) is 0.500. The fourth-order valence-electron chi connectivity index (χ4n) is 0.310. The second-order valence-corrected chi connectivity index (χ2v) is 1.74. The highest BCUT2D eigenvalue weighted by molar-refractivity contribution is 5.84. The van der Waals surface area contributed by atoms with E-state index >= 15 is 0 Å². The molecule has 0 bridgehead atoms. The van der Waals surface area contributed by atoms with Gasteiger partial charge in [-0.1, -0.05) is 0 Å². The zero-order valence-electron chi connectivity index (χ0n) is 5.66. The van der Waals surface area contributed by atoms with Gasteiger partial charge in [-0.05, 0) is 6.92 Å². The molecule has 0 aromatic rings. The number of amides is 1. The van der Waals surface area contributed by atoms with Crippen LogP contribution in [0.25, 0.3) is 0 Å². The zero-order valence-corrected chi connectivity index (χ0v) is 5.66. The number of rotatable bonds is 2. The van der Waals surface area contributed by atoms with E-state index < -0.39 is 11.9 Å². The van der Waals surface area contributed by atoms with Gasteiger partial charge in [0.05, 0.1) is 0 Å². The summed E-state index contributed by atoms with van der Waals surface area (Å²) < 4.78 is 0. The van der Waals surface area contributed by atoms with Crippen molar-refractivity contribution in [1.29, 1.82) is 0 Å². The fourth-order valence-corrected chi connectivity index (χ4v) is 0.310. The van der Waals surface area contributed by atoms with Gasteiger partial charge in [-0.3, -0.25) is 10.2 Å². The Hall–Kier alpha value is -1.30. The van der Waals surface area contributed by atoms with Crippen molar-refractivity contribution >= 4 is 11.9 Å². The van der Waals surface area contributed by atoms with Crippen molar-refractivity contribution in [3.63, 3.8) is 0 Å². The van der Waals surface area contributed by atoms with Crippen LogP contribution in [-0.4, -0.2) is 17.9 Å². The predicted molar refractivity (Wildman–Crippen MR) is 37.6 cm³/mol. The number of primary amides is 1. The Labute approximate surface area is 58.4 Å². The number of guanidine groups is 1. The standard InChI is InChI=1S/C4H11N5O/c1-2(3(5)10)8-4(6)9-7/h2H,7H2,1H3,(H2,5,10)(H3,6,8,9). The van der Waals surface area contributed by atoms with Crippen LogP contribution in [-0.2, 0) is 4.79 Å². The van der Waals surface area contributed by atoms with E-state index in [4.69, 9.17) is 17.3 Å². The minimum absolute atomic E-state index is 0.00806. The van der Waals surface area contributed by atoms with E-state index in [1.807, 2.05) is 0 Å². The van der Waals surface area contributed by atoms with Gasteiger partial charge in [0.1, 0.15) is 6.04 Å². The maximum Gasteiger partial charge on any atom is 0.242 e. The lowest BCUT2D eigenvalue weighted by Gasteiger charge is -2.01. The van der Waals surface area contributed by atoms with Crippen LogP contribution >= 0.6 is 0 Å². The van der Waals surface area contributed by atoms with E-state index in [1.54, 1.807) is 0 Å². The number of hydrazine groups is 1. The molecule has 0 radical (unpaired) electrons. The van der Waals surface area contributed by atoms with Gasteiger partial charge >= 0.3 is 0 Å². The van der Waals surface area contributed by atoms with Crippen molar-refractivity contribution in [1.82, 2.24) is 5.43 Å². The van der Waals surface area contributed by atoms with Gasteiger partial charge in [0.2, 0.25) is 11.9 Å². The first-order chi connectivity index (χ1) is 4.57. The van der Waals surface area contributed by atoms with Gasteiger partial charge in [-0.2, -0.15) is 0 Å². The Morgan fingerprint density at radius 3 is 2.40 bits per heavy atom. The molecule has 6 nitrogen and oxygen atoms in total. The Morgan fingerprint density at radius 1 is 1.60 bits per heavy atom. The maximum atomic E-state index is 10.3. The molecule has 0 heterocycles. The van der Waals surface area contributed by atoms with Crippen LogP contribution in [0.4, 0.5) is 0 Å². The Balaban J connectivity index is 3.99. The van der Waals surface area contributed by atoms with Crippen LogP contribution in [0, 0.1) is 0 Å². The molecule has 1 unspecified atom stereocenters. The molecule has 0 aliphatic heterocycles. The highest BCUT2D eigenvalue weighted by Gasteiger charge is 2.05. The maximum absolute atomic E-state index is 10.3. The summed E-state index contributed by atoms with van der Waals surface area (Å²) in [6, 6.07) is -0.643. The number of nitrogens with one attached hydrogen (secondary N) is 1. The second-order valence-electron chi connectivity index (χ2n) is 1.74. The summed E-state index contributed by atoms with van der Waals surface area (Å²) in [5.41, 5.74) is 12.1. The number of nitrogens with two attached hydrogens (primary N) is 3. The number of carbonyl (C=O) groups excluding carboxylic acids is 1. The van der Waals surface area contributed by atoms with Crippen molar-refractivity contribution in [2.75, 3.05) is 0 Å². The topological polar surface area (TPSA) is 120 Å². The highest BCUT2D eigenvalue weighted by atomic mass is 16.1. The third-order valence-corrected chi connectivity index (χ3v) is 0.892. The van der Waals surface area contributed by atoms with Gasteiger partial charge in [0.15, 0.2) is 0 Å². The Bertz CT molecular complexity index is 154. The highest BCUT2D eigenvalue weighted by Crippen LogP contribution is 1.84. The van der Waals surface area contributed by atoms with Crippen molar-refractivity contribution < 1.29 is 4.79 Å². The molecular weight excluding hydrogens is 134 g/mol. The minimum atomic E-state index is -0.643. The molecule has 1 amide bonds. The third-order valence-electron chi connectivity index (χ3n) is 0.892. The summed E-state index contributed by atoms with van der Waals surface area (Å²) in [5.74, 6) is 4.31. The molecule has 10 heavy (non-hydrogen) atoms. The number of hydrogen-bond acceptors (Lipinski definition) is 3. The first kappa shape index (κ1) is 8.70. The van der Waals surface area contributed by atoms with Crippen molar-refractivity contribution in [3.05, 3.63) is 0 Å². The van der Waals surface area contributed by atoms with Crippen molar-refractivity contribution in [2.24, 2.45) is 22.3 Å². The van der Waals surface area contributed by atoms with Crippen LogP contribution in [0.3, 0.4) is 0 Å². The zero-order chi connectivity index (χ0) is 8.15. The lowest BCUT2D eigenvalue weighted by molar-refractivity contribution is -0.118. The largest absolute Gasteiger partial charge is 0.369 e. The molecule has 1 atom stereocenters. The molecule has 0 rings (SSSR count). The molecule has 0 aliphatic carbocycles. The lowest BCUT2D eigenvalue weighted by Crippen LogP contribution is -2.39. The second kappa shape index (κ2) is 3.67. The molecule has 58 valence electrons. The van der Waals surface area contributed by atoms with E-state index in [2.05, 4.69) is 10.4 Å². The number of hydrogen-bond donors (Lipinski definition) is 4. The van der Waals surface area contributed by atoms with Gasteiger partial charge in [0, 0.05) is 0 Å². The first-order valence-electron chi connectivity index (χ1n) is 2.67. The number of aliphatic imine (C=N–C) groups is 1. The van der Waals surface area contributed by atoms with Gasteiger partial charge in [0.25, 0.3) is 0 Å². The average molecular weight is 145 g/mol. The lowest BCUT2D eigenvalue weighted by atomic mass is 10.3. The smallest absolute Gasteiger partial charge is 0.242 e. The summed E-state index contributed by atoms with van der Waals surface area (Å²) in [4.78, 5) is 13.9. The molecule has 0 saturated heterocycles. The van der Waals surface area contributed by atoms with Crippen LogP contribution in [0.5, 0.6) is 0 Å². The normalized spacial score (nSPS) is 14.4. The number of carbonyl (C=O) groups is 1. The molecule has 0 aliphatic rings. The molecule has 0 saturated carbocycles. The van der Waals surface area contributed by atoms with Crippen molar-refractivity contribution in [2.45, 2.75) is 13.0 Å². The molecule has 6 heteroatoms. The molecule has 0 aromatic carbocycles. The van der Waals surface area contributed by atoms with Crippen molar-refractivity contribution in [3.8, 4) is 0 Å². The Kier molecular flexibility index (Phi) is 3.20. The summed E-state index contributed by atoms with van der Waals surface area (Å²) >= 11 is 0. The minimum Gasteiger partial charge on any atom is -0.369 e. The first-order valence-corrected chi connectivity index (χ1v) is 2.67. The molecule has 7 N–H and O–H groups in total. The van der Waals surface area contributed by atoms with E-state index in [9.17, 15) is 4.79 Å². The summed E-state index contributed by atoms with van der Waals surface area (Å²) in [5, 5.41) is 0. The van der Waals surface area contributed by atoms with E-state index in [1.165, 1.54) is 6.92 Å². The SMILES string of the molecule is CC(N=C(N)NN)C(N)=O. The van der Waals surface area contributed by atoms with Crippen LogP contribution < -0.4 is 22.7 Å². The third kappa shape index (κ3) is 2.88. The van der Waals surface area contributed by atoms with Gasteiger partial charge in [-0.25, -0.2) is 10.8 Å². The quantitative estimate of drug-likeness (QED) is 0.150. The molecular formula is C4H11N5O. The molecule has 0 aromatic heterocycles. The summed E-state index contributed by atoms with van der Waals surface area (Å²) in [7, 11) is 0. The Morgan fingerprint density at radius 2 is 2.10 bits per heavy atom.